The maximum absolute atomic E-state index is 12.0. The fourth-order valence-corrected chi connectivity index (χ4v) is 2.61. The van der Waals surface area contributed by atoms with E-state index in [1.165, 1.54) is 24.3 Å². The third kappa shape index (κ3) is 4.99. The third-order valence-corrected chi connectivity index (χ3v) is 4.37. The Bertz CT molecular complexity index is 800. The summed E-state index contributed by atoms with van der Waals surface area (Å²) in [6, 6.07) is 13.0. The van der Waals surface area contributed by atoms with Crippen molar-refractivity contribution in [3.05, 3.63) is 54.1 Å². The summed E-state index contributed by atoms with van der Waals surface area (Å²) >= 11 is 0. The van der Waals surface area contributed by atoms with Crippen LogP contribution in [0, 0.1) is 0 Å². The number of ether oxygens (including phenoxy) is 2. The highest BCUT2D eigenvalue weighted by Gasteiger charge is 2.09. The largest absolute Gasteiger partial charge is 0.497 e. The van der Waals surface area contributed by atoms with Crippen molar-refractivity contribution in [2.75, 3.05) is 26.5 Å². The highest BCUT2D eigenvalue weighted by molar-refractivity contribution is 7.90. The Morgan fingerprint density at radius 2 is 1.75 bits per heavy atom. The first-order valence-electron chi connectivity index (χ1n) is 7.25. The van der Waals surface area contributed by atoms with Gasteiger partial charge in [-0.1, -0.05) is 6.07 Å². The van der Waals surface area contributed by atoms with Gasteiger partial charge in [-0.25, -0.2) is 8.42 Å². The summed E-state index contributed by atoms with van der Waals surface area (Å²) in [7, 11) is -1.69. The van der Waals surface area contributed by atoms with Crippen molar-refractivity contribution in [2.45, 2.75) is 4.90 Å². The Labute approximate surface area is 141 Å². The Hall–Kier alpha value is -2.54. The zero-order valence-electron chi connectivity index (χ0n) is 13.5. The van der Waals surface area contributed by atoms with E-state index in [-0.39, 0.29) is 10.8 Å². The number of carbonyl (C=O) groups excluding carboxylic acids is 1. The van der Waals surface area contributed by atoms with E-state index in [0.717, 1.165) is 6.26 Å². The average molecular weight is 349 g/mol. The van der Waals surface area contributed by atoms with Gasteiger partial charge in [-0.15, -0.1) is 0 Å². The first-order valence-corrected chi connectivity index (χ1v) is 9.14. The number of hydrogen-bond donors (Lipinski definition) is 1. The van der Waals surface area contributed by atoms with Crippen LogP contribution in [-0.2, 0) is 9.84 Å². The van der Waals surface area contributed by atoms with E-state index < -0.39 is 9.84 Å². The molecule has 0 fully saturated rings. The van der Waals surface area contributed by atoms with E-state index in [0.29, 0.717) is 30.2 Å². The Morgan fingerprint density at radius 1 is 1.08 bits per heavy atom. The SMILES string of the molecule is COc1cccc(OCCNC(=O)c2ccc(S(C)(=O)=O)cc2)c1. The summed E-state index contributed by atoms with van der Waals surface area (Å²) in [5.41, 5.74) is 0.392. The number of sulfone groups is 1. The van der Waals surface area contributed by atoms with Crippen molar-refractivity contribution < 1.29 is 22.7 Å². The molecule has 24 heavy (non-hydrogen) atoms. The molecule has 0 atom stereocenters. The minimum Gasteiger partial charge on any atom is -0.497 e. The van der Waals surface area contributed by atoms with Crippen LogP contribution in [-0.4, -0.2) is 40.8 Å². The molecule has 0 saturated heterocycles. The van der Waals surface area contributed by atoms with Crippen LogP contribution in [0.15, 0.2) is 53.4 Å². The molecule has 0 bridgehead atoms. The molecule has 0 heterocycles. The zero-order valence-corrected chi connectivity index (χ0v) is 14.3. The van der Waals surface area contributed by atoms with Gasteiger partial charge in [0, 0.05) is 17.9 Å². The molecule has 0 saturated carbocycles. The molecular formula is C17H19NO5S. The lowest BCUT2D eigenvalue weighted by atomic mass is 10.2. The number of rotatable bonds is 7. The highest BCUT2D eigenvalue weighted by atomic mass is 32.2. The minimum atomic E-state index is -3.26. The number of nitrogens with one attached hydrogen (secondary N) is 1. The van der Waals surface area contributed by atoms with Crippen molar-refractivity contribution in [3.8, 4) is 11.5 Å². The number of methoxy groups -OCH3 is 1. The van der Waals surface area contributed by atoms with E-state index in [9.17, 15) is 13.2 Å². The second-order valence-electron chi connectivity index (χ2n) is 5.08. The maximum atomic E-state index is 12.0. The van der Waals surface area contributed by atoms with Crippen LogP contribution in [0.1, 0.15) is 10.4 Å². The van der Waals surface area contributed by atoms with Crippen LogP contribution >= 0.6 is 0 Å². The molecule has 0 aliphatic heterocycles. The molecule has 2 aromatic rings. The van der Waals surface area contributed by atoms with Gasteiger partial charge in [0.15, 0.2) is 9.84 Å². The summed E-state index contributed by atoms with van der Waals surface area (Å²) in [6.07, 6.45) is 1.12. The molecular weight excluding hydrogens is 330 g/mol. The van der Waals surface area contributed by atoms with Gasteiger partial charge >= 0.3 is 0 Å². The Kier molecular flexibility index (Phi) is 5.81. The predicted octanol–water partition coefficient (Wildman–Crippen LogP) is 1.91. The standard InChI is InChI=1S/C17H19NO5S/c1-22-14-4-3-5-15(12-14)23-11-10-18-17(19)13-6-8-16(9-7-13)24(2,20)21/h3-9,12H,10-11H2,1-2H3,(H,18,19). The van der Waals surface area contributed by atoms with Crippen LogP contribution in [0.2, 0.25) is 0 Å². The zero-order chi connectivity index (χ0) is 17.6. The normalized spacial score (nSPS) is 10.9. The molecule has 0 aliphatic carbocycles. The Balaban J connectivity index is 1.82. The molecule has 1 amide bonds. The van der Waals surface area contributed by atoms with E-state index in [2.05, 4.69) is 5.32 Å². The lowest BCUT2D eigenvalue weighted by molar-refractivity contribution is 0.0947. The second kappa shape index (κ2) is 7.83. The molecule has 1 N–H and O–H groups in total. The number of carbonyl (C=O) groups is 1. The molecule has 7 heteroatoms. The van der Waals surface area contributed by atoms with Gasteiger partial charge in [-0.2, -0.15) is 0 Å². The molecule has 0 aliphatic rings. The highest BCUT2D eigenvalue weighted by Crippen LogP contribution is 2.18. The van der Waals surface area contributed by atoms with Gasteiger partial charge in [-0.3, -0.25) is 4.79 Å². The smallest absolute Gasteiger partial charge is 0.251 e. The van der Waals surface area contributed by atoms with Crippen molar-refractivity contribution in [3.63, 3.8) is 0 Å². The van der Waals surface area contributed by atoms with E-state index in [1.807, 2.05) is 12.1 Å². The van der Waals surface area contributed by atoms with Gasteiger partial charge in [-0.05, 0) is 36.4 Å². The number of hydrogen-bond acceptors (Lipinski definition) is 5. The van der Waals surface area contributed by atoms with Gasteiger partial charge < -0.3 is 14.8 Å². The van der Waals surface area contributed by atoms with Gasteiger partial charge in [0.25, 0.3) is 5.91 Å². The number of amides is 1. The summed E-state index contributed by atoms with van der Waals surface area (Å²) < 4.78 is 33.4. The first kappa shape index (κ1) is 17.8. The van der Waals surface area contributed by atoms with Gasteiger partial charge in [0.1, 0.15) is 18.1 Å². The molecule has 0 radical (unpaired) electrons. The summed E-state index contributed by atoms with van der Waals surface area (Å²) in [5, 5.41) is 2.71. The van der Waals surface area contributed by atoms with Crippen molar-refractivity contribution >= 4 is 15.7 Å². The van der Waals surface area contributed by atoms with Crippen LogP contribution in [0.4, 0.5) is 0 Å². The monoisotopic (exact) mass is 349 g/mol. The summed E-state index contributed by atoms with van der Waals surface area (Å²) in [6.45, 7) is 0.629. The first-order chi connectivity index (χ1) is 11.4. The van der Waals surface area contributed by atoms with Crippen LogP contribution in [0.5, 0.6) is 11.5 Å². The maximum Gasteiger partial charge on any atom is 0.251 e. The summed E-state index contributed by atoms with van der Waals surface area (Å²) in [5.74, 6) is 1.06. The molecule has 6 nitrogen and oxygen atoms in total. The van der Waals surface area contributed by atoms with Crippen LogP contribution in [0.3, 0.4) is 0 Å². The van der Waals surface area contributed by atoms with Crippen molar-refractivity contribution in [2.24, 2.45) is 0 Å². The molecule has 128 valence electrons. The average Bonchev–Trinajstić information content (AvgIpc) is 2.58. The second-order valence-corrected chi connectivity index (χ2v) is 7.10. The lowest BCUT2D eigenvalue weighted by Gasteiger charge is -2.09. The minimum absolute atomic E-state index is 0.181. The van der Waals surface area contributed by atoms with Crippen molar-refractivity contribution in [1.82, 2.24) is 5.32 Å². The molecule has 2 rings (SSSR count). The predicted molar refractivity (Wildman–Crippen MR) is 90.4 cm³/mol. The lowest BCUT2D eigenvalue weighted by Crippen LogP contribution is -2.28. The van der Waals surface area contributed by atoms with Crippen LogP contribution < -0.4 is 14.8 Å². The van der Waals surface area contributed by atoms with E-state index in [4.69, 9.17) is 9.47 Å². The molecule has 0 unspecified atom stereocenters. The fraction of sp³-hybridized carbons (Fsp3) is 0.235. The van der Waals surface area contributed by atoms with Crippen molar-refractivity contribution in [1.29, 1.82) is 0 Å². The topological polar surface area (TPSA) is 81.7 Å². The third-order valence-electron chi connectivity index (χ3n) is 3.24. The fourth-order valence-electron chi connectivity index (χ4n) is 1.98. The molecule has 0 spiro atoms. The quantitative estimate of drug-likeness (QED) is 0.772. The van der Waals surface area contributed by atoms with E-state index >= 15 is 0 Å². The van der Waals surface area contributed by atoms with Crippen LogP contribution in [0.25, 0.3) is 0 Å². The summed E-state index contributed by atoms with van der Waals surface area (Å²) in [4.78, 5) is 12.2. The van der Waals surface area contributed by atoms with Gasteiger partial charge in [0.2, 0.25) is 0 Å². The molecule has 0 aromatic heterocycles. The van der Waals surface area contributed by atoms with Gasteiger partial charge in [0.05, 0.1) is 18.6 Å². The Morgan fingerprint density at radius 3 is 2.38 bits per heavy atom. The number of benzene rings is 2. The molecule has 2 aromatic carbocycles. The van der Waals surface area contributed by atoms with E-state index in [1.54, 1.807) is 19.2 Å².